The van der Waals surface area contributed by atoms with Crippen molar-refractivity contribution in [2.24, 2.45) is 0 Å². The van der Waals surface area contributed by atoms with E-state index >= 15 is 0 Å². The molecule has 3 rings (SSSR count). The van der Waals surface area contributed by atoms with Crippen molar-refractivity contribution in [3.05, 3.63) is 42.5 Å². The predicted octanol–water partition coefficient (Wildman–Crippen LogP) is 2.91. The highest BCUT2D eigenvalue weighted by atomic mass is 16.6. The lowest BCUT2D eigenvalue weighted by Crippen LogP contribution is -2.32. The fraction of sp³-hybridized carbons (Fsp3) is 0.333. The van der Waals surface area contributed by atoms with Crippen molar-refractivity contribution in [3.63, 3.8) is 0 Å². The lowest BCUT2D eigenvalue weighted by atomic mass is 10.2. The fourth-order valence-electron chi connectivity index (χ4n) is 2.96. The number of fused-ring (bicyclic) bond motifs is 1. The summed E-state index contributed by atoms with van der Waals surface area (Å²) in [4.78, 5) is 28.0. The Bertz CT molecular complexity index is 849. The van der Waals surface area contributed by atoms with Gasteiger partial charge in [-0.15, -0.1) is 0 Å². The maximum absolute atomic E-state index is 12.4. The van der Waals surface area contributed by atoms with Crippen LogP contribution in [-0.4, -0.2) is 45.7 Å². The third-order valence-corrected chi connectivity index (χ3v) is 4.45. The van der Waals surface area contributed by atoms with E-state index in [0.29, 0.717) is 36.9 Å². The fourth-order valence-corrected chi connectivity index (χ4v) is 2.96. The van der Waals surface area contributed by atoms with Crippen molar-refractivity contribution < 1.29 is 19.1 Å². The quantitative estimate of drug-likeness (QED) is 0.831. The summed E-state index contributed by atoms with van der Waals surface area (Å²) in [6.45, 7) is 2.81. The third-order valence-electron chi connectivity index (χ3n) is 4.45. The molecular weight excluding hydrogens is 358 g/mol. The minimum atomic E-state index is -0.173. The monoisotopic (exact) mass is 383 g/mol. The topological polar surface area (TPSA) is 71.1 Å². The Morgan fingerprint density at radius 3 is 2.25 bits per heavy atom. The molecule has 0 aliphatic carbocycles. The summed E-state index contributed by atoms with van der Waals surface area (Å²) < 4.78 is 11.0. The van der Waals surface area contributed by atoms with Gasteiger partial charge in [0.1, 0.15) is 13.2 Å². The summed E-state index contributed by atoms with van der Waals surface area (Å²) in [5.41, 5.74) is 2.45. The second kappa shape index (κ2) is 8.65. The van der Waals surface area contributed by atoms with Crippen molar-refractivity contribution in [2.75, 3.05) is 49.0 Å². The van der Waals surface area contributed by atoms with Gasteiger partial charge in [-0.05, 0) is 36.4 Å². The summed E-state index contributed by atoms with van der Waals surface area (Å²) in [6.07, 6.45) is 0.184. The Hall–Kier alpha value is -3.22. The lowest BCUT2D eigenvalue weighted by molar-refractivity contribution is -0.117. The van der Waals surface area contributed by atoms with Crippen LogP contribution in [0, 0.1) is 0 Å². The van der Waals surface area contributed by atoms with E-state index < -0.39 is 0 Å². The Kier molecular flexibility index (Phi) is 6.03. The van der Waals surface area contributed by atoms with E-state index in [9.17, 15) is 9.59 Å². The number of rotatable bonds is 6. The first-order valence-corrected chi connectivity index (χ1v) is 9.19. The van der Waals surface area contributed by atoms with Crippen molar-refractivity contribution >= 4 is 28.9 Å². The Labute approximate surface area is 164 Å². The van der Waals surface area contributed by atoms with Gasteiger partial charge in [0.25, 0.3) is 0 Å². The summed E-state index contributed by atoms with van der Waals surface area (Å²) in [6, 6.07) is 13.0. The maximum atomic E-state index is 12.4. The smallest absolute Gasteiger partial charge is 0.226 e. The number of nitrogens with one attached hydrogen (secondary N) is 1. The lowest BCUT2D eigenvalue weighted by Gasteiger charge is -2.22. The first kappa shape index (κ1) is 19.5. The molecule has 0 saturated heterocycles. The zero-order valence-corrected chi connectivity index (χ0v) is 16.4. The van der Waals surface area contributed by atoms with E-state index in [1.165, 1.54) is 6.92 Å². The normalized spacial score (nSPS) is 12.2. The Morgan fingerprint density at radius 1 is 0.964 bits per heavy atom. The van der Waals surface area contributed by atoms with E-state index in [1.807, 2.05) is 43.3 Å². The number of hydrogen-bond acceptors (Lipinski definition) is 5. The molecule has 0 unspecified atom stereocenters. The van der Waals surface area contributed by atoms with Gasteiger partial charge in [0.15, 0.2) is 11.5 Å². The van der Waals surface area contributed by atoms with E-state index in [0.717, 1.165) is 11.4 Å². The number of nitrogens with zero attached hydrogens (tertiary/aromatic N) is 2. The predicted molar refractivity (Wildman–Crippen MR) is 109 cm³/mol. The van der Waals surface area contributed by atoms with Crippen molar-refractivity contribution in [2.45, 2.75) is 13.3 Å². The van der Waals surface area contributed by atoms with Gasteiger partial charge < -0.3 is 24.6 Å². The van der Waals surface area contributed by atoms with Gasteiger partial charge in [0.2, 0.25) is 11.8 Å². The molecule has 1 N–H and O–H groups in total. The van der Waals surface area contributed by atoms with E-state index in [4.69, 9.17) is 9.47 Å². The van der Waals surface area contributed by atoms with Gasteiger partial charge in [0.05, 0.1) is 0 Å². The van der Waals surface area contributed by atoms with Crippen LogP contribution in [0.15, 0.2) is 42.5 Å². The van der Waals surface area contributed by atoms with Crippen LogP contribution in [0.4, 0.5) is 17.1 Å². The Morgan fingerprint density at radius 2 is 1.61 bits per heavy atom. The van der Waals surface area contributed by atoms with E-state index in [-0.39, 0.29) is 18.2 Å². The summed E-state index contributed by atoms with van der Waals surface area (Å²) in [5, 5.41) is 2.84. The maximum Gasteiger partial charge on any atom is 0.226 e. The number of anilines is 3. The van der Waals surface area contributed by atoms with E-state index in [2.05, 4.69) is 5.32 Å². The third kappa shape index (κ3) is 4.73. The molecule has 148 valence electrons. The number of ether oxygens (including phenoxy) is 2. The van der Waals surface area contributed by atoms with Crippen molar-refractivity contribution in [1.29, 1.82) is 0 Å². The molecule has 2 aromatic rings. The number of amides is 2. The van der Waals surface area contributed by atoms with Crippen LogP contribution < -0.4 is 24.6 Å². The molecule has 0 bridgehead atoms. The van der Waals surface area contributed by atoms with Crippen molar-refractivity contribution in [1.82, 2.24) is 0 Å². The molecule has 0 saturated carbocycles. The highest BCUT2D eigenvalue weighted by molar-refractivity contribution is 5.95. The van der Waals surface area contributed by atoms with E-state index in [1.54, 1.807) is 23.1 Å². The number of benzene rings is 2. The number of carbonyl (C=O) groups excluding carboxylic acids is 2. The van der Waals surface area contributed by atoms with Crippen LogP contribution >= 0.6 is 0 Å². The molecular formula is C21H25N3O4. The molecule has 0 spiro atoms. The van der Waals surface area contributed by atoms with Crippen molar-refractivity contribution in [3.8, 4) is 11.5 Å². The molecule has 0 aromatic heterocycles. The first-order valence-electron chi connectivity index (χ1n) is 9.19. The van der Waals surface area contributed by atoms with Gasteiger partial charge in [0, 0.05) is 57.1 Å². The second-order valence-electron chi connectivity index (χ2n) is 6.74. The van der Waals surface area contributed by atoms with Gasteiger partial charge in [-0.25, -0.2) is 0 Å². The molecule has 1 aliphatic rings. The van der Waals surface area contributed by atoms with Crippen LogP contribution in [0.3, 0.4) is 0 Å². The average molecular weight is 383 g/mol. The van der Waals surface area contributed by atoms with Gasteiger partial charge >= 0.3 is 0 Å². The van der Waals surface area contributed by atoms with Crippen LogP contribution in [-0.2, 0) is 9.59 Å². The first-order chi connectivity index (χ1) is 13.4. The summed E-state index contributed by atoms with van der Waals surface area (Å²) >= 11 is 0. The second-order valence-corrected chi connectivity index (χ2v) is 6.74. The van der Waals surface area contributed by atoms with Gasteiger partial charge in [-0.2, -0.15) is 0 Å². The molecule has 0 radical (unpaired) electrons. The standard InChI is InChI=1S/C21H25N3O4/c1-15(25)24(18-7-5-17(6-8-18)23(2)3)11-10-21(26)22-16-4-9-19-20(14-16)28-13-12-27-19/h4-9,14H,10-13H2,1-3H3,(H,22,26). The minimum Gasteiger partial charge on any atom is -0.486 e. The minimum absolute atomic E-state index is 0.107. The van der Waals surface area contributed by atoms with Crippen LogP contribution in [0.2, 0.25) is 0 Å². The molecule has 28 heavy (non-hydrogen) atoms. The molecule has 2 amide bonds. The highest BCUT2D eigenvalue weighted by Gasteiger charge is 2.15. The number of carbonyl (C=O) groups is 2. The molecule has 0 atom stereocenters. The van der Waals surface area contributed by atoms with Crippen LogP contribution in [0.1, 0.15) is 13.3 Å². The molecule has 7 heteroatoms. The largest absolute Gasteiger partial charge is 0.486 e. The van der Waals surface area contributed by atoms with Gasteiger partial charge in [-0.3, -0.25) is 9.59 Å². The van der Waals surface area contributed by atoms with Crippen LogP contribution in [0.5, 0.6) is 11.5 Å². The van der Waals surface area contributed by atoms with Gasteiger partial charge in [-0.1, -0.05) is 0 Å². The molecule has 0 fully saturated rings. The summed E-state index contributed by atoms with van der Waals surface area (Å²) in [7, 11) is 3.92. The molecule has 1 heterocycles. The zero-order valence-electron chi connectivity index (χ0n) is 16.4. The molecule has 2 aromatic carbocycles. The Balaban J connectivity index is 1.60. The SMILES string of the molecule is CC(=O)N(CCC(=O)Nc1ccc2c(c1)OCCO2)c1ccc(N(C)C)cc1. The average Bonchev–Trinajstić information content (AvgIpc) is 2.68. The molecule has 1 aliphatic heterocycles. The highest BCUT2D eigenvalue weighted by Crippen LogP contribution is 2.32. The number of hydrogen-bond donors (Lipinski definition) is 1. The summed E-state index contributed by atoms with van der Waals surface area (Å²) in [5.74, 6) is 1.01. The molecule has 7 nitrogen and oxygen atoms in total. The van der Waals surface area contributed by atoms with Crippen LogP contribution in [0.25, 0.3) is 0 Å². The zero-order chi connectivity index (χ0) is 20.1.